The van der Waals surface area contributed by atoms with Gasteiger partial charge in [-0.3, -0.25) is 14.6 Å². The second-order valence-corrected chi connectivity index (χ2v) is 14.7. The minimum Gasteiger partial charge on any atom is -0.443 e. The van der Waals surface area contributed by atoms with Gasteiger partial charge in [-0.2, -0.15) is 0 Å². The number of rotatable bonds is 3. The minimum atomic E-state index is -1.08. The van der Waals surface area contributed by atoms with Gasteiger partial charge in [0.2, 0.25) is 5.91 Å². The number of nitrogens with two attached hydrogens (primary N) is 1. The van der Waals surface area contributed by atoms with Crippen LogP contribution in [0, 0.1) is 0 Å². The van der Waals surface area contributed by atoms with E-state index in [2.05, 4.69) is 22.9 Å². The van der Waals surface area contributed by atoms with E-state index >= 15 is 0 Å². The second kappa shape index (κ2) is 21.2. The molecule has 0 unspecified atom stereocenters. The Kier molecular flexibility index (Phi) is 21.0. The third-order valence-electron chi connectivity index (χ3n) is 4.27. The van der Waals surface area contributed by atoms with Crippen LogP contribution in [0.3, 0.4) is 0 Å². The van der Waals surface area contributed by atoms with Crippen LogP contribution in [0.5, 0.6) is 0 Å². The van der Waals surface area contributed by atoms with Crippen molar-refractivity contribution in [2.75, 3.05) is 19.0 Å². The highest BCUT2D eigenvalue weighted by Crippen LogP contribution is 2.16. The van der Waals surface area contributed by atoms with Crippen molar-refractivity contribution in [3.8, 4) is 0 Å². The van der Waals surface area contributed by atoms with E-state index < -0.39 is 58.7 Å². The SMILES string of the molecule is C=C(C)C(=O)N(C(=O)OC(C)(C)C)C(=O)OC(C)(C)C.C=C(C)C(N)=O.CC(C)(C)OC(=O)OC(=O)OC(C)(C)C.CN(C)c1ccncc1. The van der Waals surface area contributed by atoms with Crippen LogP contribution in [0.2, 0.25) is 0 Å². The Morgan fingerprint density at radius 2 is 0.920 bits per heavy atom. The van der Waals surface area contributed by atoms with Crippen LogP contribution in [0.25, 0.3) is 0 Å². The molecule has 1 heterocycles. The van der Waals surface area contributed by atoms with Gasteiger partial charge in [-0.05, 0) is 109 Å². The minimum absolute atomic E-state index is 0.0294. The Hall–Kier alpha value is -4.95. The maximum absolute atomic E-state index is 12.0. The Morgan fingerprint density at radius 3 is 1.12 bits per heavy atom. The highest BCUT2D eigenvalue weighted by atomic mass is 16.8. The van der Waals surface area contributed by atoms with E-state index in [-0.39, 0.29) is 5.57 Å². The molecule has 1 rings (SSSR count). The Morgan fingerprint density at radius 1 is 0.620 bits per heavy atom. The first kappa shape index (κ1) is 49.4. The number of anilines is 1. The van der Waals surface area contributed by atoms with Crippen molar-refractivity contribution < 1.29 is 52.5 Å². The fraction of sp³-hybridized carbons (Fsp3) is 0.571. The highest BCUT2D eigenvalue weighted by molar-refractivity contribution is 6.12. The van der Waals surface area contributed by atoms with Gasteiger partial charge >= 0.3 is 24.5 Å². The highest BCUT2D eigenvalue weighted by Gasteiger charge is 2.36. The van der Waals surface area contributed by atoms with Gasteiger partial charge in [0, 0.05) is 43.3 Å². The first-order valence-electron chi connectivity index (χ1n) is 15.3. The molecule has 0 spiro atoms. The molecule has 0 aliphatic carbocycles. The van der Waals surface area contributed by atoms with E-state index in [1.807, 2.05) is 31.1 Å². The maximum Gasteiger partial charge on any atom is 0.519 e. The van der Waals surface area contributed by atoms with Crippen molar-refractivity contribution >= 4 is 42.0 Å². The number of carbonyl (C=O) groups excluding carboxylic acids is 6. The lowest BCUT2D eigenvalue weighted by molar-refractivity contribution is -0.125. The van der Waals surface area contributed by atoms with Crippen molar-refractivity contribution in [1.82, 2.24) is 9.88 Å². The molecule has 4 amide bonds. The average Bonchev–Trinajstić information content (AvgIpc) is 2.85. The van der Waals surface area contributed by atoms with Gasteiger partial charge in [-0.15, -0.1) is 4.90 Å². The molecular formula is C35H58N4O11. The zero-order chi connectivity index (χ0) is 40.4. The molecule has 1 aromatic heterocycles. The Labute approximate surface area is 297 Å². The van der Waals surface area contributed by atoms with Gasteiger partial charge in [-0.25, -0.2) is 19.2 Å². The zero-order valence-electron chi connectivity index (χ0n) is 32.6. The largest absolute Gasteiger partial charge is 0.519 e. The number of ether oxygens (including phenoxy) is 5. The lowest BCUT2D eigenvalue weighted by Crippen LogP contribution is -2.47. The first-order valence-corrected chi connectivity index (χ1v) is 15.3. The van der Waals surface area contributed by atoms with E-state index in [0.717, 1.165) is 0 Å². The lowest BCUT2D eigenvalue weighted by Gasteiger charge is -2.27. The van der Waals surface area contributed by atoms with E-state index in [9.17, 15) is 28.8 Å². The molecule has 15 heteroatoms. The lowest BCUT2D eigenvalue weighted by atomic mass is 10.2. The number of primary amides is 1. The topological polar surface area (TPSA) is 194 Å². The normalized spacial score (nSPS) is 10.7. The molecule has 15 nitrogen and oxygen atoms in total. The molecular weight excluding hydrogens is 652 g/mol. The number of hydrogen-bond acceptors (Lipinski definition) is 13. The molecule has 0 bridgehead atoms. The predicted molar refractivity (Wildman–Crippen MR) is 190 cm³/mol. The molecule has 1 aromatic rings. The summed E-state index contributed by atoms with van der Waals surface area (Å²) in [7, 11) is 4.02. The fourth-order valence-corrected chi connectivity index (χ4v) is 2.30. The third-order valence-corrected chi connectivity index (χ3v) is 4.27. The van der Waals surface area contributed by atoms with E-state index in [1.54, 1.807) is 102 Å². The molecule has 0 atom stereocenters. The molecule has 0 aromatic carbocycles. The fourth-order valence-electron chi connectivity index (χ4n) is 2.30. The van der Waals surface area contributed by atoms with E-state index in [1.165, 1.54) is 12.6 Å². The number of carbonyl (C=O) groups is 6. The predicted octanol–water partition coefficient (Wildman–Crippen LogP) is 7.33. The first-order chi connectivity index (χ1) is 22.2. The zero-order valence-corrected chi connectivity index (χ0v) is 32.6. The van der Waals surface area contributed by atoms with Crippen molar-refractivity contribution in [3.05, 3.63) is 48.8 Å². The summed E-state index contributed by atoms with van der Waals surface area (Å²) in [5.41, 5.74) is 3.24. The monoisotopic (exact) mass is 710 g/mol. The van der Waals surface area contributed by atoms with Gasteiger partial charge < -0.3 is 34.3 Å². The number of aromatic nitrogens is 1. The molecule has 0 saturated carbocycles. The molecule has 0 fully saturated rings. The van der Waals surface area contributed by atoms with Crippen LogP contribution < -0.4 is 10.6 Å². The van der Waals surface area contributed by atoms with Crippen LogP contribution in [0.4, 0.5) is 24.9 Å². The van der Waals surface area contributed by atoms with Crippen LogP contribution >= 0.6 is 0 Å². The van der Waals surface area contributed by atoms with Gasteiger partial charge in [0.1, 0.15) is 22.4 Å². The van der Waals surface area contributed by atoms with Gasteiger partial charge in [0.25, 0.3) is 5.91 Å². The second-order valence-electron chi connectivity index (χ2n) is 14.7. The number of hydrogen-bond donors (Lipinski definition) is 1. The smallest absolute Gasteiger partial charge is 0.443 e. The Balaban J connectivity index is -0.000000642. The number of imide groups is 3. The summed E-state index contributed by atoms with van der Waals surface area (Å²) in [6.45, 7) is 29.5. The van der Waals surface area contributed by atoms with Gasteiger partial charge in [0.05, 0.1) is 0 Å². The summed E-state index contributed by atoms with van der Waals surface area (Å²) in [4.78, 5) is 74.0. The van der Waals surface area contributed by atoms with Crippen molar-refractivity contribution in [2.45, 2.75) is 119 Å². The van der Waals surface area contributed by atoms with Crippen molar-refractivity contribution in [1.29, 1.82) is 0 Å². The average molecular weight is 711 g/mol. The van der Waals surface area contributed by atoms with Crippen LogP contribution in [0.15, 0.2) is 48.8 Å². The standard InChI is InChI=1S/C14H23NO5.C10H18O5.C7H10N2.C4H7NO/c1-9(2)10(16)15(11(17)19-13(3,4)5)12(18)20-14(6,7)8;1-9(2,3)14-7(11)13-8(12)15-10(4,5)6;1-9(2)7-3-5-8-6-4-7;1-3(2)4(5)6/h1H2,2-8H3;1-6H3;3-6H,1-2H3;1H2,2H3,(H2,5,6). The molecule has 0 aliphatic rings. The van der Waals surface area contributed by atoms with E-state index in [4.69, 9.17) is 24.7 Å². The molecule has 0 radical (unpaired) electrons. The van der Waals surface area contributed by atoms with Crippen LogP contribution in [-0.2, 0) is 33.3 Å². The number of nitrogens with zero attached hydrogens (tertiary/aromatic N) is 3. The quantitative estimate of drug-likeness (QED) is 0.142. The van der Waals surface area contributed by atoms with Gasteiger partial charge in [-0.1, -0.05) is 13.2 Å². The van der Waals surface area contributed by atoms with Crippen LogP contribution in [0.1, 0.15) is 96.9 Å². The van der Waals surface area contributed by atoms with Crippen LogP contribution in [-0.4, -0.2) is 82.7 Å². The summed E-state index contributed by atoms with van der Waals surface area (Å²) >= 11 is 0. The van der Waals surface area contributed by atoms with Crippen molar-refractivity contribution in [3.63, 3.8) is 0 Å². The molecule has 2 N–H and O–H groups in total. The van der Waals surface area contributed by atoms with Crippen molar-refractivity contribution in [2.24, 2.45) is 5.73 Å². The molecule has 50 heavy (non-hydrogen) atoms. The third kappa shape index (κ3) is 29.2. The summed E-state index contributed by atoms with van der Waals surface area (Å²) in [5.74, 6) is -1.29. The molecule has 0 aliphatic heterocycles. The summed E-state index contributed by atoms with van der Waals surface area (Å²) in [6.07, 6.45) is -0.710. The van der Waals surface area contributed by atoms with Gasteiger partial charge in [0.15, 0.2) is 0 Å². The summed E-state index contributed by atoms with van der Waals surface area (Å²) in [6, 6.07) is 3.94. The summed E-state index contributed by atoms with van der Waals surface area (Å²) in [5, 5.41) is 0. The number of amides is 4. The summed E-state index contributed by atoms with van der Waals surface area (Å²) < 4.78 is 23.9. The van der Waals surface area contributed by atoms with E-state index in [0.29, 0.717) is 10.5 Å². The Bertz CT molecular complexity index is 1250. The molecule has 284 valence electrons. The molecule has 0 saturated heterocycles. The number of pyridine rings is 1. The maximum atomic E-state index is 12.0.